The minimum Gasteiger partial charge on any atom is -0.396 e. The molecule has 1 rings (SSSR count). The van der Waals surface area contributed by atoms with E-state index in [0.29, 0.717) is 38.4 Å². The van der Waals surface area contributed by atoms with Crippen LogP contribution < -0.4 is 0 Å². The van der Waals surface area contributed by atoms with Crippen molar-refractivity contribution in [3.05, 3.63) is 11.5 Å². The number of nitrogens with zero attached hydrogens (tertiary/aromatic N) is 4. The summed E-state index contributed by atoms with van der Waals surface area (Å²) in [6, 6.07) is 0. The van der Waals surface area contributed by atoms with E-state index in [1.165, 1.54) is 42.5 Å². The molecule has 0 saturated heterocycles. The Morgan fingerprint density at radius 1 is 1.33 bits per heavy atom. The van der Waals surface area contributed by atoms with Gasteiger partial charge in [-0.1, -0.05) is 12.8 Å². The second-order valence-electron chi connectivity index (χ2n) is 6.86. The van der Waals surface area contributed by atoms with Crippen LogP contribution in [0.4, 0.5) is 0 Å². The lowest BCUT2D eigenvalue weighted by molar-refractivity contribution is -0.129. The van der Waals surface area contributed by atoms with Crippen LogP contribution in [-0.4, -0.2) is 86.0 Å². The molecule has 1 aliphatic carbocycles. The van der Waals surface area contributed by atoms with Crippen LogP contribution in [0.25, 0.3) is 0 Å². The topological polar surface area (TPSA) is 85.7 Å². The molecule has 8 nitrogen and oxygen atoms in total. The zero-order valence-corrected chi connectivity index (χ0v) is 16.9. The standard InChI is InChI=1S/C19H34N4O4/c1-5-23(15-27-13-16-9-6-7-10-16)17(18(20-2)22(4)14-25)19(26)21(3)11-8-12-24/h14,16,24H,2,5-13,15H2,1,3-4H3/b18-17+. The van der Waals surface area contributed by atoms with Gasteiger partial charge in [-0.2, -0.15) is 0 Å². The molecule has 154 valence electrons. The van der Waals surface area contributed by atoms with Crippen molar-refractivity contribution in [2.24, 2.45) is 10.9 Å². The van der Waals surface area contributed by atoms with Gasteiger partial charge in [-0.05, 0) is 38.8 Å². The molecule has 0 radical (unpaired) electrons. The molecule has 1 saturated carbocycles. The number of likely N-dealkylation sites (N-methyl/N-ethyl adjacent to an activating group) is 2. The minimum atomic E-state index is -0.286. The van der Waals surface area contributed by atoms with Crippen molar-refractivity contribution >= 4 is 19.0 Å². The molecule has 27 heavy (non-hydrogen) atoms. The smallest absolute Gasteiger partial charge is 0.273 e. The molecule has 8 heteroatoms. The van der Waals surface area contributed by atoms with Gasteiger partial charge in [-0.15, -0.1) is 0 Å². The van der Waals surface area contributed by atoms with Gasteiger partial charge < -0.3 is 24.5 Å². The average Bonchev–Trinajstić information content (AvgIpc) is 3.20. The lowest BCUT2D eigenvalue weighted by atomic mass is 10.1. The fourth-order valence-corrected chi connectivity index (χ4v) is 3.19. The highest BCUT2D eigenvalue weighted by molar-refractivity contribution is 5.93. The van der Waals surface area contributed by atoms with Gasteiger partial charge in [0.05, 0.1) is 6.61 Å². The van der Waals surface area contributed by atoms with Crippen LogP contribution in [0.15, 0.2) is 16.5 Å². The molecule has 0 aromatic carbocycles. The van der Waals surface area contributed by atoms with Crippen molar-refractivity contribution in [1.29, 1.82) is 0 Å². The third kappa shape index (κ3) is 6.95. The molecule has 1 N–H and O–H groups in total. The summed E-state index contributed by atoms with van der Waals surface area (Å²) in [7, 11) is 3.19. The van der Waals surface area contributed by atoms with Gasteiger partial charge in [0.15, 0.2) is 5.82 Å². The number of carbonyl (C=O) groups is 2. The van der Waals surface area contributed by atoms with E-state index >= 15 is 0 Å². The molecule has 0 unspecified atom stereocenters. The summed E-state index contributed by atoms with van der Waals surface area (Å²) in [4.78, 5) is 32.8. The quantitative estimate of drug-likeness (QED) is 0.224. The van der Waals surface area contributed by atoms with E-state index < -0.39 is 0 Å². The van der Waals surface area contributed by atoms with Crippen LogP contribution in [0, 0.1) is 5.92 Å². The van der Waals surface area contributed by atoms with Crippen LogP contribution in [0.1, 0.15) is 39.0 Å². The highest BCUT2D eigenvalue weighted by Gasteiger charge is 2.26. The van der Waals surface area contributed by atoms with Crippen LogP contribution in [0.3, 0.4) is 0 Å². The van der Waals surface area contributed by atoms with Crippen LogP contribution in [0.2, 0.25) is 0 Å². The number of amides is 2. The van der Waals surface area contributed by atoms with E-state index in [1.807, 2.05) is 6.92 Å². The largest absolute Gasteiger partial charge is 0.396 e. The monoisotopic (exact) mass is 382 g/mol. The van der Waals surface area contributed by atoms with Crippen molar-refractivity contribution in [2.45, 2.75) is 39.0 Å². The molecule has 0 aromatic heterocycles. The first kappa shape index (κ1) is 23.1. The number of aliphatic imine (C=N–C) groups is 1. The summed E-state index contributed by atoms with van der Waals surface area (Å²) < 4.78 is 5.88. The van der Waals surface area contributed by atoms with Crippen molar-refractivity contribution in [3.63, 3.8) is 0 Å². The molecular formula is C19H34N4O4. The zero-order chi connectivity index (χ0) is 20.2. The van der Waals surface area contributed by atoms with Crippen LogP contribution in [0.5, 0.6) is 0 Å². The lowest BCUT2D eigenvalue weighted by Gasteiger charge is -2.30. The predicted molar refractivity (Wildman–Crippen MR) is 105 cm³/mol. The summed E-state index contributed by atoms with van der Waals surface area (Å²) in [5, 5.41) is 9.03. The number of rotatable bonds is 13. The first-order chi connectivity index (χ1) is 13.0. The van der Waals surface area contributed by atoms with Crippen molar-refractivity contribution < 1.29 is 19.4 Å². The van der Waals surface area contributed by atoms with Gasteiger partial charge in [0.2, 0.25) is 6.41 Å². The maximum Gasteiger partial charge on any atom is 0.273 e. The second-order valence-corrected chi connectivity index (χ2v) is 6.86. The Hall–Kier alpha value is -1.93. The Morgan fingerprint density at radius 3 is 2.52 bits per heavy atom. The zero-order valence-electron chi connectivity index (χ0n) is 16.9. The van der Waals surface area contributed by atoms with Crippen molar-refractivity contribution in [2.75, 3.05) is 47.1 Å². The summed E-state index contributed by atoms with van der Waals surface area (Å²) in [5.74, 6) is 0.483. The SMILES string of the molecule is C=N/C(=C(/C(=O)N(C)CCCO)N(CC)COCC1CCCC1)N(C)C=O. The highest BCUT2D eigenvalue weighted by Crippen LogP contribution is 2.25. The van der Waals surface area contributed by atoms with Crippen LogP contribution >= 0.6 is 0 Å². The summed E-state index contributed by atoms with van der Waals surface area (Å²) in [6.45, 7) is 7.27. The van der Waals surface area contributed by atoms with Gasteiger partial charge in [0, 0.05) is 33.8 Å². The fourth-order valence-electron chi connectivity index (χ4n) is 3.19. The van der Waals surface area contributed by atoms with Crippen molar-refractivity contribution in [1.82, 2.24) is 14.7 Å². The fraction of sp³-hybridized carbons (Fsp3) is 0.737. The van der Waals surface area contributed by atoms with Gasteiger partial charge in [0.25, 0.3) is 5.91 Å². The summed E-state index contributed by atoms with van der Waals surface area (Å²) in [6.07, 6.45) is 5.94. The number of hydrogen-bond donors (Lipinski definition) is 1. The van der Waals surface area contributed by atoms with Crippen molar-refractivity contribution in [3.8, 4) is 0 Å². The molecule has 0 aliphatic heterocycles. The Labute approximate surface area is 162 Å². The number of aliphatic hydroxyl groups is 1. The Kier molecular flexibility index (Phi) is 10.7. The van der Waals surface area contributed by atoms with Gasteiger partial charge in [-0.3, -0.25) is 9.59 Å². The molecule has 0 heterocycles. The third-order valence-electron chi connectivity index (χ3n) is 4.83. The van der Waals surface area contributed by atoms with E-state index in [4.69, 9.17) is 9.84 Å². The van der Waals surface area contributed by atoms with E-state index in [2.05, 4.69) is 11.7 Å². The summed E-state index contributed by atoms with van der Waals surface area (Å²) in [5.41, 5.74) is 0.272. The summed E-state index contributed by atoms with van der Waals surface area (Å²) >= 11 is 0. The first-order valence-corrected chi connectivity index (χ1v) is 9.58. The van der Waals surface area contributed by atoms with E-state index in [9.17, 15) is 9.59 Å². The molecule has 0 aromatic rings. The number of aliphatic hydroxyl groups excluding tert-OH is 1. The highest BCUT2D eigenvalue weighted by atomic mass is 16.5. The Morgan fingerprint density at radius 2 is 2.00 bits per heavy atom. The first-order valence-electron chi connectivity index (χ1n) is 9.58. The number of carbonyl (C=O) groups excluding carboxylic acids is 2. The Balaban J connectivity index is 3.00. The average molecular weight is 383 g/mol. The molecule has 0 spiro atoms. The van der Waals surface area contributed by atoms with Gasteiger partial charge in [0.1, 0.15) is 12.4 Å². The molecule has 1 aliphatic rings. The van der Waals surface area contributed by atoms with E-state index in [-0.39, 0.29) is 30.8 Å². The normalized spacial score (nSPS) is 15.3. The molecule has 0 bridgehead atoms. The number of ether oxygens (including phenoxy) is 1. The second kappa shape index (κ2) is 12.5. The Bertz CT molecular complexity index is 518. The van der Waals surface area contributed by atoms with E-state index in [0.717, 1.165) is 0 Å². The van der Waals surface area contributed by atoms with E-state index in [1.54, 1.807) is 11.9 Å². The van der Waals surface area contributed by atoms with Gasteiger partial charge >= 0.3 is 0 Å². The molecular weight excluding hydrogens is 348 g/mol. The number of hydrogen-bond acceptors (Lipinski definition) is 6. The minimum absolute atomic E-state index is 0.000531. The maximum atomic E-state index is 13.0. The van der Waals surface area contributed by atoms with Crippen LogP contribution in [-0.2, 0) is 14.3 Å². The lowest BCUT2D eigenvalue weighted by Crippen LogP contribution is -2.40. The third-order valence-corrected chi connectivity index (χ3v) is 4.83. The molecule has 1 fully saturated rings. The molecule has 2 amide bonds. The predicted octanol–water partition coefficient (Wildman–Crippen LogP) is 1.27. The maximum absolute atomic E-state index is 13.0. The van der Waals surface area contributed by atoms with Gasteiger partial charge in [-0.25, -0.2) is 4.99 Å². The molecule has 0 atom stereocenters.